The summed E-state index contributed by atoms with van der Waals surface area (Å²) in [6.45, 7) is 2.64. The lowest BCUT2D eigenvalue weighted by Gasteiger charge is -2.10. The summed E-state index contributed by atoms with van der Waals surface area (Å²) in [4.78, 5) is 11.9. The summed E-state index contributed by atoms with van der Waals surface area (Å²) in [6, 6.07) is 4.31. The Hall–Kier alpha value is -1.44. The molecule has 1 rings (SSSR count). The van der Waals surface area contributed by atoms with Gasteiger partial charge in [0.2, 0.25) is 10.0 Å². The largest absolute Gasteiger partial charge is 0.383 e. The summed E-state index contributed by atoms with van der Waals surface area (Å²) < 4.78 is 27.4. The van der Waals surface area contributed by atoms with E-state index in [2.05, 4.69) is 5.32 Å². The molecule has 0 spiro atoms. The minimum absolute atomic E-state index is 0.0680. The highest BCUT2D eigenvalue weighted by Crippen LogP contribution is 2.16. The number of rotatable bonds is 6. The molecule has 106 valence electrons. The summed E-state index contributed by atoms with van der Waals surface area (Å²) in [5, 5.41) is 7.71. The van der Waals surface area contributed by atoms with E-state index in [1.54, 1.807) is 6.07 Å². The molecule has 1 amide bonds. The molecule has 0 aliphatic rings. The van der Waals surface area contributed by atoms with Crippen molar-refractivity contribution in [2.75, 3.05) is 20.3 Å². The minimum Gasteiger partial charge on any atom is -0.383 e. The van der Waals surface area contributed by atoms with Crippen LogP contribution in [0.4, 0.5) is 0 Å². The van der Waals surface area contributed by atoms with Crippen LogP contribution in [-0.2, 0) is 21.2 Å². The van der Waals surface area contributed by atoms with Gasteiger partial charge in [-0.15, -0.1) is 0 Å². The van der Waals surface area contributed by atoms with Crippen molar-refractivity contribution < 1.29 is 17.9 Å². The summed E-state index contributed by atoms with van der Waals surface area (Å²) in [7, 11) is -2.28. The van der Waals surface area contributed by atoms with Crippen LogP contribution in [0.5, 0.6) is 0 Å². The van der Waals surface area contributed by atoms with E-state index in [9.17, 15) is 13.2 Å². The van der Waals surface area contributed by atoms with Gasteiger partial charge in [0.25, 0.3) is 5.91 Å². The number of hydrogen-bond donors (Lipinski definition) is 2. The smallest absolute Gasteiger partial charge is 0.251 e. The van der Waals surface area contributed by atoms with E-state index in [4.69, 9.17) is 9.88 Å². The van der Waals surface area contributed by atoms with Crippen molar-refractivity contribution in [3.05, 3.63) is 29.3 Å². The molecule has 0 fully saturated rings. The maximum atomic E-state index is 12.0. The number of methoxy groups -OCH3 is 1. The average molecular weight is 286 g/mol. The number of carbonyl (C=O) groups excluding carboxylic acids is 1. The Morgan fingerprint density at radius 3 is 2.63 bits per heavy atom. The van der Waals surface area contributed by atoms with Gasteiger partial charge < -0.3 is 10.1 Å². The number of nitrogens with two attached hydrogens (primary N) is 1. The maximum absolute atomic E-state index is 12.0. The number of nitrogens with one attached hydrogen (secondary N) is 1. The molecule has 0 aliphatic carbocycles. The van der Waals surface area contributed by atoms with E-state index in [1.165, 1.54) is 19.2 Å². The van der Waals surface area contributed by atoms with Crippen LogP contribution in [0.25, 0.3) is 0 Å². The monoisotopic (exact) mass is 286 g/mol. The third kappa shape index (κ3) is 4.30. The lowest BCUT2D eigenvalue weighted by atomic mass is 10.0. The Morgan fingerprint density at radius 2 is 2.11 bits per heavy atom. The zero-order valence-corrected chi connectivity index (χ0v) is 11.8. The van der Waals surface area contributed by atoms with Crippen molar-refractivity contribution in [2.45, 2.75) is 18.2 Å². The molecule has 19 heavy (non-hydrogen) atoms. The molecule has 0 radical (unpaired) electrons. The first-order valence-electron chi connectivity index (χ1n) is 5.83. The first-order valence-corrected chi connectivity index (χ1v) is 7.37. The Bertz CT molecular complexity index is 555. The lowest BCUT2D eigenvalue weighted by molar-refractivity contribution is 0.0936. The number of carbonyl (C=O) groups is 1. The van der Waals surface area contributed by atoms with Gasteiger partial charge in [0, 0.05) is 19.2 Å². The Labute approximate surface area is 113 Å². The zero-order chi connectivity index (χ0) is 14.5. The maximum Gasteiger partial charge on any atom is 0.251 e. The van der Waals surface area contributed by atoms with Crippen molar-refractivity contribution in [1.29, 1.82) is 0 Å². The third-order valence-corrected chi connectivity index (χ3v) is 3.54. The number of primary sulfonamides is 1. The summed E-state index contributed by atoms with van der Waals surface area (Å²) in [5.74, 6) is -0.334. The number of benzene rings is 1. The van der Waals surface area contributed by atoms with E-state index in [-0.39, 0.29) is 10.8 Å². The van der Waals surface area contributed by atoms with Gasteiger partial charge in [0.15, 0.2) is 0 Å². The van der Waals surface area contributed by atoms with Crippen LogP contribution < -0.4 is 10.5 Å². The molecule has 0 heterocycles. The Balaban J connectivity index is 3.06. The van der Waals surface area contributed by atoms with Crippen LogP contribution >= 0.6 is 0 Å². The highest BCUT2D eigenvalue weighted by molar-refractivity contribution is 7.89. The fraction of sp³-hybridized carbons (Fsp3) is 0.417. The number of hydrogen-bond acceptors (Lipinski definition) is 4. The second-order valence-electron chi connectivity index (χ2n) is 3.97. The van der Waals surface area contributed by atoms with E-state index < -0.39 is 10.0 Å². The predicted octanol–water partition coefficient (Wildman–Crippen LogP) is 0.273. The summed E-state index contributed by atoms with van der Waals surface area (Å²) >= 11 is 0. The van der Waals surface area contributed by atoms with Crippen molar-refractivity contribution >= 4 is 15.9 Å². The average Bonchev–Trinajstić information content (AvgIpc) is 2.37. The van der Waals surface area contributed by atoms with Gasteiger partial charge >= 0.3 is 0 Å². The predicted molar refractivity (Wildman–Crippen MR) is 71.4 cm³/mol. The Kier molecular flexibility index (Phi) is 5.46. The van der Waals surface area contributed by atoms with Crippen molar-refractivity contribution in [3.8, 4) is 0 Å². The molecular weight excluding hydrogens is 268 g/mol. The molecule has 3 N–H and O–H groups in total. The van der Waals surface area contributed by atoms with Gasteiger partial charge in [-0.2, -0.15) is 0 Å². The van der Waals surface area contributed by atoms with Crippen LogP contribution in [-0.4, -0.2) is 34.6 Å². The minimum atomic E-state index is -3.81. The molecule has 1 aromatic carbocycles. The molecule has 7 heteroatoms. The second-order valence-corrected chi connectivity index (χ2v) is 5.53. The molecule has 0 saturated heterocycles. The topological polar surface area (TPSA) is 98.5 Å². The molecule has 0 atom stereocenters. The van der Waals surface area contributed by atoms with Crippen LogP contribution in [0.2, 0.25) is 0 Å². The van der Waals surface area contributed by atoms with Crippen molar-refractivity contribution in [2.24, 2.45) is 5.14 Å². The van der Waals surface area contributed by atoms with E-state index >= 15 is 0 Å². The van der Waals surface area contributed by atoms with Gasteiger partial charge in [0.05, 0.1) is 11.5 Å². The number of ether oxygens (including phenoxy) is 1. The SMILES string of the molecule is CCc1ccc(S(N)(=O)=O)cc1C(=O)NCCOC. The van der Waals surface area contributed by atoms with Crippen molar-refractivity contribution in [3.63, 3.8) is 0 Å². The molecular formula is C12H18N2O4S. The first-order chi connectivity index (χ1) is 8.90. The first kappa shape index (κ1) is 15.6. The molecule has 0 saturated carbocycles. The molecule has 1 aromatic rings. The molecule has 0 bridgehead atoms. The van der Waals surface area contributed by atoms with Crippen LogP contribution in [0.1, 0.15) is 22.8 Å². The number of sulfonamides is 1. The van der Waals surface area contributed by atoms with Gasteiger partial charge in [0.1, 0.15) is 0 Å². The highest BCUT2D eigenvalue weighted by Gasteiger charge is 2.15. The quantitative estimate of drug-likeness (QED) is 0.733. The van der Waals surface area contributed by atoms with Crippen LogP contribution in [0.3, 0.4) is 0 Å². The van der Waals surface area contributed by atoms with Gasteiger partial charge in [-0.25, -0.2) is 13.6 Å². The summed E-state index contributed by atoms with van der Waals surface area (Å²) in [6.07, 6.45) is 0.623. The lowest BCUT2D eigenvalue weighted by Crippen LogP contribution is -2.28. The van der Waals surface area contributed by atoms with Gasteiger partial charge in [-0.3, -0.25) is 4.79 Å². The highest BCUT2D eigenvalue weighted by atomic mass is 32.2. The molecule has 0 aliphatic heterocycles. The van der Waals surface area contributed by atoms with Gasteiger partial charge in [-0.1, -0.05) is 13.0 Å². The summed E-state index contributed by atoms with van der Waals surface area (Å²) in [5.41, 5.74) is 1.09. The van der Waals surface area contributed by atoms with Crippen LogP contribution in [0.15, 0.2) is 23.1 Å². The fourth-order valence-corrected chi connectivity index (χ4v) is 2.15. The molecule has 0 unspecified atom stereocenters. The number of amides is 1. The van der Waals surface area contributed by atoms with Gasteiger partial charge in [-0.05, 0) is 24.1 Å². The molecule has 6 nitrogen and oxygen atoms in total. The molecule has 0 aromatic heterocycles. The van der Waals surface area contributed by atoms with E-state index in [1.807, 2.05) is 6.92 Å². The van der Waals surface area contributed by atoms with Crippen LogP contribution in [0, 0.1) is 0 Å². The van der Waals surface area contributed by atoms with E-state index in [0.29, 0.717) is 25.1 Å². The zero-order valence-electron chi connectivity index (χ0n) is 11.0. The number of aryl methyl sites for hydroxylation is 1. The fourth-order valence-electron chi connectivity index (χ4n) is 1.61. The standard InChI is InChI=1S/C12H18N2O4S/c1-3-9-4-5-10(19(13,16)17)8-11(9)12(15)14-6-7-18-2/h4-5,8H,3,6-7H2,1-2H3,(H,14,15)(H2,13,16,17). The van der Waals surface area contributed by atoms with E-state index in [0.717, 1.165) is 5.56 Å². The third-order valence-electron chi connectivity index (χ3n) is 2.63. The van der Waals surface area contributed by atoms with Crippen molar-refractivity contribution in [1.82, 2.24) is 5.32 Å². The second kappa shape index (κ2) is 6.65. The normalized spacial score (nSPS) is 11.3. The Morgan fingerprint density at radius 1 is 1.42 bits per heavy atom.